The minimum absolute atomic E-state index is 0.216. The normalized spacial score (nSPS) is 12.2. The van der Waals surface area contributed by atoms with Crippen LogP contribution in [0.2, 0.25) is 0 Å². The van der Waals surface area contributed by atoms with Gasteiger partial charge in [-0.05, 0) is 41.3 Å². The Bertz CT molecular complexity index is 576. The monoisotopic (exact) mass is 253 g/mol. The first-order valence-corrected chi connectivity index (χ1v) is 6.37. The average molecular weight is 253 g/mol. The van der Waals surface area contributed by atoms with Crippen molar-refractivity contribution in [3.8, 4) is 6.07 Å². The fraction of sp³-hybridized carbons (Fsp3) is 0.235. The standard InChI is InChI=1S/C17H16FN/c1-12(2)17(15-7-9-16(18)10-8-15)14-5-3-13(11-19)4-6-14/h3-10,12,17H,1-2H3. The largest absolute Gasteiger partial charge is 0.207 e. The van der Waals surface area contributed by atoms with Crippen LogP contribution in [0.4, 0.5) is 4.39 Å². The maximum absolute atomic E-state index is 13.0. The Kier molecular flexibility index (Phi) is 3.97. The van der Waals surface area contributed by atoms with E-state index in [9.17, 15) is 4.39 Å². The molecule has 0 saturated heterocycles. The lowest BCUT2D eigenvalue weighted by Crippen LogP contribution is -2.08. The summed E-state index contributed by atoms with van der Waals surface area (Å²) in [5, 5.41) is 8.83. The fourth-order valence-electron chi connectivity index (χ4n) is 2.40. The molecule has 1 atom stereocenters. The molecule has 2 heteroatoms. The molecule has 0 aliphatic carbocycles. The quantitative estimate of drug-likeness (QED) is 0.790. The highest BCUT2D eigenvalue weighted by atomic mass is 19.1. The Morgan fingerprint density at radius 3 is 1.79 bits per heavy atom. The van der Waals surface area contributed by atoms with Crippen LogP contribution < -0.4 is 0 Å². The van der Waals surface area contributed by atoms with Crippen LogP contribution in [0.5, 0.6) is 0 Å². The molecule has 1 unspecified atom stereocenters. The molecular formula is C17H16FN. The van der Waals surface area contributed by atoms with Gasteiger partial charge in [0.1, 0.15) is 5.82 Å². The van der Waals surface area contributed by atoms with Gasteiger partial charge >= 0.3 is 0 Å². The van der Waals surface area contributed by atoms with Gasteiger partial charge in [-0.1, -0.05) is 38.1 Å². The SMILES string of the molecule is CC(C)C(c1ccc(F)cc1)c1ccc(C#N)cc1. The molecule has 1 nitrogen and oxygen atoms in total. The molecule has 2 aromatic carbocycles. The highest BCUT2D eigenvalue weighted by molar-refractivity contribution is 5.38. The highest BCUT2D eigenvalue weighted by Gasteiger charge is 2.18. The Balaban J connectivity index is 2.39. The van der Waals surface area contributed by atoms with Gasteiger partial charge < -0.3 is 0 Å². The second kappa shape index (κ2) is 5.67. The molecule has 0 N–H and O–H groups in total. The Morgan fingerprint density at radius 2 is 1.37 bits per heavy atom. The predicted molar refractivity (Wildman–Crippen MR) is 74.2 cm³/mol. The predicted octanol–water partition coefficient (Wildman–Crippen LogP) is 4.49. The van der Waals surface area contributed by atoms with Gasteiger partial charge in [-0.15, -0.1) is 0 Å². The molecule has 96 valence electrons. The Morgan fingerprint density at radius 1 is 0.895 bits per heavy atom. The first kappa shape index (κ1) is 13.3. The van der Waals surface area contributed by atoms with E-state index in [1.807, 2.05) is 36.4 Å². The maximum Gasteiger partial charge on any atom is 0.123 e. The van der Waals surface area contributed by atoms with E-state index in [2.05, 4.69) is 19.9 Å². The van der Waals surface area contributed by atoms with Gasteiger partial charge in [-0.2, -0.15) is 5.26 Å². The number of nitrogens with zero attached hydrogens (tertiary/aromatic N) is 1. The first-order chi connectivity index (χ1) is 9.11. The smallest absolute Gasteiger partial charge is 0.123 e. The lowest BCUT2D eigenvalue weighted by atomic mass is 9.82. The van der Waals surface area contributed by atoms with E-state index < -0.39 is 0 Å². The zero-order valence-corrected chi connectivity index (χ0v) is 11.1. The number of nitriles is 1. The van der Waals surface area contributed by atoms with Crippen LogP contribution in [0, 0.1) is 23.1 Å². The first-order valence-electron chi connectivity index (χ1n) is 6.37. The molecule has 2 aromatic rings. The lowest BCUT2D eigenvalue weighted by molar-refractivity contribution is 0.561. The van der Waals surface area contributed by atoms with Gasteiger partial charge in [0.25, 0.3) is 0 Å². The molecule has 0 aliphatic heterocycles. The molecule has 19 heavy (non-hydrogen) atoms. The topological polar surface area (TPSA) is 23.8 Å². The summed E-state index contributed by atoms with van der Waals surface area (Å²) in [6.07, 6.45) is 0. The molecule has 0 spiro atoms. The minimum Gasteiger partial charge on any atom is -0.207 e. The summed E-state index contributed by atoms with van der Waals surface area (Å²) in [7, 11) is 0. The van der Waals surface area contributed by atoms with Crippen LogP contribution in [0.15, 0.2) is 48.5 Å². The van der Waals surface area contributed by atoms with Crippen molar-refractivity contribution in [3.63, 3.8) is 0 Å². The van der Waals surface area contributed by atoms with Crippen molar-refractivity contribution in [1.82, 2.24) is 0 Å². The van der Waals surface area contributed by atoms with E-state index in [-0.39, 0.29) is 11.7 Å². The minimum atomic E-state index is -0.217. The van der Waals surface area contributed by atoms with Gasteiger partial charge in [0.2, 0.25) is 0 Å². The molecule has 0 amide bonds. The number of hydrogen-bond donors (Lipinski definition) is 0. The summed E-state index contributed by atoms with van der Waals surface area (Å²) >= 11 is 0. The van der Waals surface area contributed by atoms with Crippen molar-refractivity contribution in [2.24, 2.45) is 5.92 Å². The third-order valence-electron chi connectivity index (χ3n) is 3.29. The molecule has 0 heterocycles. The van der Waals surface area contributed by atoms with Crippen molar-refractivity contribution in [2.75, 3.05) is 0 Å². The van der Waals surface area contributed by atoms with E-state index in [1.54, 1.807) is 0 Å². The second-order valence-electron chi connectivity index (χ2n) is 5.01. The van der Waals surface area contributed by atoms with E-state index >= 15 is 0 Å². The zero-order chi connectivity index (χ0) is 13.8. The van der Waals surface area contributed by atoms with Gasteiger partial charge in [0.15, 0.2) is 0 Å². The molecule has 0 saturated carbocycles. The van der Waals surface area contributed by atoms with Gasteiger partial charge in [0.05, 0.1) is 11.6 Å². The summed E-state index contributed by atoms with van der Waals surface area (Å²) in [5.74, 6) is 0.401. The summed E-state index contributed by atoms with van der Waals surface area (Å²) in [6.45, 7) is 4.29. The van der Waals surface area contributed by atoms with Gasteiger partial charge in [-0.25, -0.2) is 4.39 Å². The Labute approximate surface area is 113 Å². The maximum atomic E-state index is 13.0. The van der Waals surface area contributed by atoms with Gasteiger partial charge in [0, 0.05) is 5.92 Å². The van der Waals surface area contributed by atoms with Crippen molar-refractivity contribution in [2.45, 2.75) is 19.8 Å². The lowest BCUT2D eigenvalue weighted by Gasteiger charge is -2.22. The van der Waals surface area contributed by atoms with Crippen LogP contribution in [0.1, 0.15) is 36.5 Å². The van der Waals surface area contributed by atoms with Crippen LogP contribution in [0.25, 0.3) is 0 Å². The summed E-state index contributed by atoms with van der Waals surface area (Å²) < 4.78 is 13.0. The van der Waals surface area contributed by atoms with E-state index in [0.717, 1.165) is 11.1 Å². The third-order valence-corrected chi connectivity index (χ3v) is 3.29. The average Bonchev–Trinajstić information content (AvgIpc) is 2.42. The molecule has 0 bridgehead atoms. The third kappa shape index (κ3) is 3.00. The van der Waals surface area contributed by atoms with Crippen LogP contribution in [-0.4, -0.2) is 0 Å². The number of rotatable bonds is 3. The van der Waals surface area contributed by atoms with E-state index in [1.165, 1.54) is 12.1 Å². The van der Waals surface area contributed by atoms with Crippen molar-refractivity contribution in [1.29, 1.82) is 5.26 Å². The molecule has 0 fully saturated rings. The van der Waals surface area contributed by atoms with Crippen LogP contribution in [-0.2, 0) is 0 Å². The van der Waals surface area contributed by atoms with Crippen molar-refractivity contribution < 1.29 is 4.39 Å². The molecule has 0 radical (unpaired) electrons. The fourth-order valence-corrected chi connectivity index (χ4v) is 2.40. The van der Waals surface area contributed by atoms with E-state index in [4.69, 9.17) is 5.26 Å². The molecule has 0 aromatic heterocycles. The highest BCUT2D eigenvalue weighted by Crippen LogP contribution is 2.31. The summed E-state index contributed by atoms with van der Waals surface area (Å²) in [6, 6.07) is 16.4. The van der Waals surface area contributed by atoms with E-state index in [0.29, 0.717) is 11.5 Å². The van der Waals surface area contributed by atoms with Crippen LogP contribution in [0.3, 0.4) is 0 Å². The zero-order valence-electron chi connectivity index (χ0n) is 11.1. The molecular weight excluding hydrogens is 237 g/mol. The second-order valence-corrected chi connectivity index (χ2v) is 5.01. The number of halogens is 1. The number of hydrogen-bond acceptors (Lipinski definition) is 1. The van der Waals surface area contributed by atoms with Crippen LogP contribution >= 0.6 is 0 Å². The van der Waals surface area contributed by atoms with Gasteiger partial charge in [-0.3, -0.25) is 0 Å². The summed E-state index contributed by atoms with van der Waals surface area (Å²) in [5.41, 5.74) is 2.91. The summed E-state index contributed by atoms with van der Waals surface area (Å²) in [4.78, 5) is 0. The van der Waals surface area contributed by atoms with Crippen molar-refractivity contribution in [3.05, 3.63) is 71.0 Å². The Hall–Kier alpha value is -2.14. The molecule has 0 aliphatic rings. The number of benzene rings is 2. The molecule has 2 rings (SSSR count). The van der Waals surface area contributed by atoms with Crippen molar-refractivity contribution >= 4 is 0 Å².